The van der Waals surface area contributed by atoms with E-state index in [0.717, 1.165) is 44.1 Å². The Morgan fingerprint density at radius 3 is 2.34 bits per heavy atom. The minimum Gasteiger partial charge on any atom is -0.409 e. The molecule has 1 aliphatic carbocycles. The first-order valence-electron chi connectivity index (χ1n) is 13.9. The quantitative estimate of drug-likeness (QED) is 0.559. The van der Waals surface area contributed by atoms with Gasteiger partial charge in [0.05, 0.1) is 61.0 Å². The normalized spacial score (nSPS) is 24.5. The van der Waals surface area contributed by atoms with Gasteiger partial charge in [-0.05, 0) is 43.8 Å². The molecule has 11 heteroatoms. The SMILES string of the molecule is CC(C)(C)[Si](C)(C)OCc1nc(N)c2c(n1)N(c1cnc(N3C4CCC3COC4)nc1)C(=O)C21CCCC1. The van der Waals surface area contributed by atoms with E-state index in [0.29, 0.717) is 54.4 Å². The first-order valence-corrected chi connectivity index (χ1v) is 16.8. The Balaban J connectivity index is 1.35. The molecule has 38 heavy (non-hydrogen) atoms. The number of rotatable bonds is 5. The van der Waals surface area contributed by atoms with Crippen LogP contribution in [0.5, 0.6) is 0 Å². The molecule has 1 saturated carbocycles. The molecule has 2 atom stereocenters. The van der Waals surface area contributed by atoms with Gasteiger partial charge in [0.2, 0.25) is 11.9 Å². The number of nitrogens with two attached hydrogens (primary N) is 1. The maximum atomic E-state index is 14.1. The van der Waals surface area contributed by atoms with Crippen molar-refractivity contribution in [3.63, 3.8) is 0 Å². The van der Waals surface area contributed by atoms with E-state index in [1.807, 2.05) is 0 Å². The Bertz CT molecular complexity index is 1220. The molecule has 2 aromatic rings. The number of anilines is 4. The van der Waals surface area contributed by atoms with E-state index in [2.05, 4.69) is 43.7 Å². The molecule has 3 aliphatic heterocycles. The Labute approximate surface area is 225 Å². The van der Waals surface area contributed by atoms with Crippen molar-refractivity contribution in [3.8, 4) is 0 Å². The fraction of sp³-hybridized carbons (Fsp3) is 0.667. The zero-order valence-electron chi connectivity index (χ0n) is 23.2. The van der Waals surface area contributed by atoms with Gasteiger partial charge in [0.15, 0.2) is 14.1 Å². The van der Waals surface area contributed by atoms with E-state index >= 15 is 0 Å². The molecule has 2 bridgehead atoms. The van der Waals surface area contributed by atoms with Crippen LogP contribution in [0.15, 0.2) is 12.4 Å². The molecule has 4 aliphatic rings. The second kappa shape index (κ2) is 8.95. The molecule has 2 saturated heterocycles. The molecule has 2 N–H and O–H groups in total. The van der Waals surface area contributed by atoms with Crippen LogP contribution in [0.3, 0.4) is 0 Å². The van der Waals surface area contributed by atoms with Crippen molar-refractivity contribution in [1.82, 2.24) is 19.9 Å². The van der Waals surface area contributed by atoms with Crippen molar-refractivity contribution in [3.05, 3.63) is 23.8 Å². The standard InChI is InChI=1S/C27H39N7O3Si/c1-26(2,3)38(4,5)37-16-20-31-22(28)21-23(32-20)34(24(35)27(21)10-6-7-11-27)19-12-29-25(30-13-19)33-17-8-9-18(33)15-36-14-17/h12-13,17-18H,6-11,14-16H2,1-5H3,(H2,28,31,32). The van der Waals surface area contributed by atoms with Crippen molar-refractivity contribution in [2.45, 2.75) is 102 Å². The van der Waals surface area contributed by atoms with E-state index in [4.69, 9.17) is 29.8 Å². The van der Waals surface area contributed by atoms with E-state index in [9.17, 15) is 4.79 Å². The van der Waals surface area contributed by atoms with Gasteiger partial charge < -0.3 is 19.8 Å². The molecular formula is C27H39N7O3Si. The molecule has 3 fully saturated rings. The first-order chi connectivity index (χ1) is 18.0. The van der Waals surface area contributed by atoms with Crippen LogP contribution in [-0.4, -0.2) is 59.5 Å². The van der Waals surface area contributed by atoms with E-state index in [1.165, 1.54) is 0 Å². The number of hydrogen-bond acceptors (Lipinski definition) is 9. The predicted molar refractivity (Wildman–Crippen MR) is 148 cm³/mol. The van der Waals surface area contributed by atoms with Crippen molar-refractivity contribution in [1.29, 1.82) is 0 Å². The Kier molecular flexibility index (Phi) is 6.04. The third-order valence-corrected chi connectivity index (χ3v) is 13.9. The summed E-state index contributed by atoms with van der Waals surface area (Å²) in [6.07, 6.45) is 9.12. The van der Waals surface area contributed by atoms with Crippen LogP contribution < -0.4 is 15.5 Å². The van der Waals surface area contributed by atoms with Gasteiger partial charge in [-0.15, -0.1) is 0 Å². The highest BCUT2D eigenvalue weighted by atomic mass is 28.4. The summed E-state index contributed by atoms with van der Waals surface area (Å²) in [5.41, 5.74) is 7.28. The number of nitrogens with zero attached hydrogens (tertiary/aromatic N) is 6. The van der Waals surface area contributed by atoms with E-state index in [1.54, 1.807) is 17.3 Å². The summed E-state index contributed by atoms with van der Waals surface area (Å²) >= 11 is 0. The van der Waals surface area contributed by atoms with Gasteiger partial charge in [0, 0.05) is 0 Å². The molecule has 10 nitrogen and oxygen atoms in total. The molecular weight excluding hydrogens is 498 g/mol. The second-order valence-corrected chi connectivity index (χ2v) is 17.6. The fourth-order valence-corrected chi connectivity index (χ4v) is 7.20. The Hall–Kier alpha value is -2.63. The number of carbonyl (C=O) groups excluding carboxylic acids is 1. The van der Waals surface area contributed by atoms with Gasteiger partial charge in [-0.25, -0.2) is 19.9 Å². The number of nitrogen functional groups attached to an aromatic ring is 1. The molecule has 6 rings (SSSR count). The summed E-state index contributed by atoms with van der Waals surface area (Å²) in [5.74, 6) is 2.13. The molecule has 1 amide bonds. The third-order valence-electron chi connectivity index (χ3n) is 9.45. The van der Waals surface area contributed by atoms with Crippen LogP contribution in [0.4, 0.5) is 23.3 Å². The monoisotopic (exact) mass is 537 g/mol. The summed E-state index contributed by atoms with van der Waals surface area (Å²) in [7, 11) is -2.02. The molecule has 0 radical (unpaired) electrons. The minimum absolute atomic E-state index is 0.00347. The molecule has 0 aromatic carbocycles. The van der Waals surface area contributed by atoms with Crippen LogP contribution >= 0.6 is 0 Å². The largest absolute Gasteiger partial charge is 0.409 e. The summed E-state index contributed by atoms with van der Waals surface area (Å²) in [6.45, 7) is 12.7. The second-order valence-electron chi connectivity index (χ2n) is 12.8. The lowest BCUT2D eigenvalue weighted by molar-refractivity contribution is -0.122. The third kappa shape index (κ3) is 3.93. The van der Waals surface area contributed by atoms with Crippen LogP contribution in [0.1, 0.15) is 70.7 Å². The number of hydrogen-bond donors (Lipinski definition) is 1. The highest BCUT2D eigenvalue weighted by molar-refractivity contribution is 6.74. The van der Waals surface area contributed by atoms with Crippen LogP contribution in [0.25, 0.3) is 0 Å². The highest BCUT2D eigenvalue weighted by Crippen LogP contribution is 2.54. The van der Waals surface area contributed by atoms with Gasteiger partial charge in [-0.3, -0.25) is 9.69 Å². The zero-order valence-corrected chi connectivity index (χ0v) is 24.2. The Morgan fingerprint density at radius 1 is 1.11 bits per heavy atom. The van der Waals surface area contributed by atoms with E-state index < -0.39 is 13.7 Å². The topological polar surface area (TPSA) is 120 Å². The summed E-state index contributed by atoms with van der Waals surface area (Å²) < 4.78 is 12.1. The number of fused-ring (bicyclic) bond motifs is 4. The first kappa shape index (κ1) is 25.6. The van der Waals surface area contributed by atoms with Gasteiger partial charge in [0.1, 0.15) is 11.6 Å². The summed E-state index contributed by atoms with van der Waals surface area (Å²) in [6, 6.07) is 0.623. The molecule has 204 valence electrons. The fourth-order valence-electron chi connectivity index (χ4n) is 6.28. The van der Waals surface area contributed by atoms with Gasteiger partial charge in [-0.1, -0.05) is 33.6 Å². The van der Waals surface area contributed by atoms with Gasteiger partial charge in [0.25, 0.3) is 0 Å². The average Bonchev–Trinajstić information content (AvgIpc) is 3.52. The van der Waals surface area contributed by atoms with Crippen LogP contribution in [0.2, 0.25) is 18.1 Å². The maximum absolute atomic E-state index is 14.1. The van der Waals surface area contributed by atoms with Crippen molar-refractivity contribution in [2.24, 2.45) is 0 Å². The molecule has 2 aromatic heterocycles. The van der Waals surface area contributed by atoms with Crippen LogP contribution in [0, 0.1) is 0 Å². The summed E-state index contributed by atoms with van der Waals surface area (Å²) in [5, 5.41) is 0.0597. The summed E-state index contributed by atoms with van der Waals surface area (Å²) in [4.78, 5) is 37.0. The lowest BCUT2D eigenvalue weighted by Gasteiger charge is -2.35. The average molecular weight is 538 g/mol. The van der Waals surface area contributed by atoms with Crippen LogP contribution in [-0.2, 0) is 26.0 Å². The lowest BCUT2D eigenvalue weighted by Crippen LogP contribution is -2.46. The molecule has 2 unspecified atom stereocenters. The molecule has 1 spiro atoms. The minimum atomic E-state index is -2.02. The van der Waals surface area contributed by atoms with Crippen molar-refractivity contribution < 1.29 is 14.0 Å². The number of ether oxygens (including phenoxy) is 1. The Morgan fingerprint density at radius 2 is 1.74 bits per heavy atom. The van der Waals surface area contributed by atoms with E-state index in [-0.39, 0.29) is 17.6 Å². The zero-order chi connectivity index (χ0) is 26.9. The predicted octanol–water partition coefficient (Wildman–Crippen LogP) is 4.23. The number of amides is 1. The highest BCUT2D eigenvalue weighted by Gasteiger charge is 2.55. The van der Waals surface area contributed by atoms with Gasteiger partial charge >= 0.3 is 0 Å². The van der Waals surface area contributed by atoms with Crippen molar-refractivity contribution in [2.75, 3.05) is 28.7 Å². The lowest BCUT2D eigenvalue weighted by atomic mass is 9.80. The number of aromatic nitrogens is 4. The van der Waals surface area contributed by atoms with Crippen molar-refractivity contribution >= 4 is 37.5 Å². The smallest absolute Gasteiger partial charge is 0.243 e. The number of carbonyl (C=O) groups is 1. The van der Waals surface area contributed by atoms with Gasteiger partial charge in [-0.2, -0.15) is 0 Å². The number of morpholine rings is 1. The molecule has 5 heterocycles. The maximum Gasteiger partial charge on any atom is 0.243 e.